The van der Waals surface area contributed by atoms with Gasteiger partial charge in [0, 0.05) is 25.9 Å². The molecule has 0 spiro atoms. The minimum absolute atomic E-state index is 0.416. The van der Waals surface area contributed by atoms with E-state index in [1.165, 1.54) is 5.56 Å². The molecule has 2 heterocycles. The van der Waals surface area contributed by atoms with Gasteiger partial charge >= 0.3 is 0 Å². The molecule has 0 aliphatic heterocycles. The van der Waals surface area contributed by atoms with Crippen LogP contribution in [0, 0.1) is 0 Å². The van der Waals surface area contributed by atoms with E-state index in [1.54, 1.807) is 17.1 Å². The third-order valence-corrected chi connectivity index (χ3v) is 3.88. The van der Waals surface area contributed by atoms with Crippen LogP contribution in [0.15, 0.2) is 24.5 Å². The lowest BCUT2D eigenvalue weighted by atomic mass is 10.0. The van der Waals surface area contributed by atoms with Crippen LogP contribution in [-0.4, -0.2) is 26.0 Å². The average Bonchev–Trinajstić information content (AvgIpc) is 2.73. The van der Waals surface area contributed by atoms with Gasteiger partial charge in [-0.3, -0.25) is 9.67 Å². The van der Waals surface area contributed by atoms with Gasteiger partial charge in [0.15, 0.2) is 0 Å². The van der Waals surface area contributed by atoms with Gasteiger partial charge in [0.2, 0.25) is 0 Å². The number of aryl methyl sites for hydroxylation is 3. The molecule has 108 valence electrons. The summed E-state index contributed by atoms with van der Waals surface area (Å²) in [6, 6.07) is 3.94. The third-order valence-electron chi connectivity index (χ3n) is 3.45. The van der Waals surface area contributed by atoms with E-state index in [1.807, 2.05) is 26.1 Å². The SMILES string of the molecule is CCc1nn(C)c(CC(O)CCc2ccncc2)c1Cl. The molecule has 0 fully saturated rings. The molecule has 0 aliphatic carbocycles. The summed E-state index contributed by atoms with van der Waals surface area (Å²) in [5.41, 5.74) is 2.99. The second-order valence-electron chi connectivity index (χ2n) is 4.94. The molecular formula is C15H20ClN3O. The van der Waals surface area contributed by atoms with Gasteiger partial charge in [0.1, 0.15) is 0 Å². The summed E-state index contributed by atoms with van der Waals surface area (Å²) in [6.45, 7) is 2.03. The van der Waals surface area contributed by atoms with Gasteiger partial charge in [0.25, 0.3) is 0 Å². The fourth-order valence-corrected chi connectivity index (χ4v) is 2.62. The topological polar surface area (TPSA) is 50.9 Å². The number of halogens is 1. The minimum Gasteiger partial charge on any atom is -0.393 e. The Morgan fingerprint density at radius 1 is 1.35 bits per heavy atom. The van der Waals surface area contributed by atoms with Gasteiger partial charge in [-0.2, -0.15) is 5.10 Å². The minimum atomic E-state index is -0.416. The Hall–Kier alpha value is -1.39. The summed E-state index contributed by atoms with van der Waals surface area (Å²) >= 11 is 6.29. The Morgan fingerprint density at radius 3 is 2.65 bits per heavy atom. The molecule has 0 saturated heterocycles. The van der Waals surface area contributed by atoms with Gasteiger partial charge in [0.05, 0.1) is 22.5 Å². The van der Waals surface area contributed by atoms with Gasteiger partial charge in [-0.25, -0.2) is 0 Å². The molecule has 0 aliphatic rings. The van der Waals surface area contributed by atoms with Gasteiger partial charge in [-0.1, -0.05) is 18.5 Å². The highest BCUT2D eigenvalue weighted by atomic mass is 35.5. The van der Waals surface area contributed by atoms with E-state index < -0.39 is 6.10 Å². The monoisotopic (exact) mass is 293 g/mol. The Morgan fingerprint density at radius 2 is 2.05 bits per heavy atom. The Kier molecular flexibility index (Phi) is 5.15. The zero-order valence-corrected chi connectivity index (χ0v) is 12.6. The number of hydrogen-bond donors (Lipinski definition) is 1. The zero-order chi connectivity index (χ0) is 14.5. The lowest BCUT2D eigenvalue weighted by Crippen LogP contribution is -2.14. The van der Waals surface area contributed by atoms with Crippen molar-refractivity contribution in [3.63, 3.8) is 0 Å². The maximum Gasteiger partial charge on any atom is 0.0850 e. The van der Waals surface area contributed by atoms with Crippen molar-refractivity contribution in [2.75, 3.05) is 0 Å². The van der Waals surface area contributed by atoms with Crippen LogP contribution in [0.1, 0.15) is 30.3 Å². The van der Waals surface area contributed by atoms with Crippen molar-refractivity contribution >= 4 is 11.6 Å². The van der Waals surface area contributed by atoms with Crippen molar-refractivity contribution in [1.29, 1.82) is 0 Å². The second kappa shape index (κ2) is 6.86. The predicted molar refractivity (Wildman–Crippen MR) is 79.9 cm³/mol. The molecule has 5 heteroatoms. The molecule has 2 aromatic heterocycles. The van der Waals surface area contributed by atoms with Gasteiger partial charge in [-0.15, -0.1) is 0 Å². The first-order valence-electron chi connectivity index (χ1n) is 6.89. The Balaban J connectivity index is 1.95. The lowest BCUT2D eigenvalue weighted by molar-refractivity contribution is 0.163. The first-order chi connectivity index (χ1) is 9.61. The van der Waals surface area contributed by atoms with Crippen molar-refractivity contribution < 1.29 is 5.11 Å². The number of pyridine rings is 1. The van der Waals surface area contributed by atoms with E-state index in [-0.39, 0.29) is 0 Å². The van der Waals surface area contributed by atoms with E-state index in [4.69, 9.17) is 11.6 Å². The van der Waals surface area contributed by atoms with Crippen molar-refractivity contribution in [2.45, 2.75) is 38.7 Å². The maximum absolute atomic E-state index is 10.2. The Bertz CT molecular complexity index is 554. The summed E-state index contributed by atoms with van der Waals surface area (Å²) in [5.74, 6) is 0. The van der Waals surface area contributed by atoms with Gasteiger partial charge < -0.3 is 5.11 Å². The molecule has 1 atom stereocenters. The number of aromatic nitrogens is 3. The van der Waals surface area contributed by atoms with E-state index in [9.17, 15) is 5.11 Å². The van der Waals surface area contributed by atoms with Crippen LogP contribution in [0.25, 0.3) is 0 Å². The highest BCUT2D eigenvalue weighted by molar-refractivity contribution is 6.31. The molecule has 1 unspecified atom stereocenters. The number of rotatable bonds is 6. The normalized spacial score (nSPS) is 12.6. The number of aliphatic hydroxyl groups is 1. The van der Waals surface area contributed by atoms with E-state index in [0.29, 0.717) is 17.9 Å². The predicted octanol–water partition coefficient (Wildman–Crippen LogP) is 2.57. The van der Waals surface area contributed by atoms with Crippen molar-refractivity contribution in [2.24, 2.45) is 7.05 Å². The van der Waals surface area contributed by atoms with E-state index >= 15 is 0 Å². The molecule has 0 aromatic carbocycles. The lowest BCUT2D eigenvalue weighted by Gasteiger charge is -2.11. The smallest absolute Gasteiger partial charge is 0.0850 e. The van der Waals surface area contributed by atoms with Crippen molar-refractivity contribution in [3.8, 4) is 0 Å². The highest BCUT2D eigenvalue weighted by Gasteiger charge is 2.16. The molecule has 20 heavy (non-hydrogen) atoms. The van der Waals surface area contributed by atoms with E-state index in [0.717, 1.165) is 24.2 Å². The first kappa shape index (κ1) is 15.0. The quantitative estimate of drug-likeness (QED) is 0.890. The summed E-state index contributed by atoms with van der Waals surface area (Å²) < 4.78 is 1.77. The first-order valence-corrected chi connectivity index (χ1v) is 7.26. The average molecular weight is 294 g/mol. The fraction of sp³-hybridized carbons (Fsp3) is 0.467. The van der Waals surface area contributed by atoms with Crippen LogP contribution < -0.4 is 0 Å². The Labute approximate surface area is 124 Å². The largest absolute Gasteiger partial charge is 0.393 e. The summed E-state index contributed by atoms with van der Waals surface area (Å²) in [7, 11) is 1.87. The molecule has 0 amide bonds. The van der Waals surface area contributed by atoms with Crippen molar-refractivity contribution in [3.05, 3.63) is 46.5 Å². The summed E-state index contributed by atoms with van der Waals surface area (Å²) in [4.78, 5) is 3.98. The van der Waals surface area contributed by atoms with Crippen LogP contribution in [0.3, 0.4) is 0 Å². The molecule has 1 N–H and O–H groups in total. The van der Waals surface area contributed by atoms with Crippen LogP contribution in [0.5, 0.6) is 0 Å². The molecular weight excluding hydrogens is 274 g/mol. The summed E-state index contributed by atoms with van der Waals surface area (Å²) in [5, 5.41) is 15.2. The molecule has 0 radical (unpaired) electrons. The fourth-order valence-electron chi connectivity index (χ4n) is 2.25. The number of aliphatic hydroxyl groups excluding tert-OH is 1. The third kappa shape index (κ3) is 3.58. The zero-order valence-electron chi connectivity index (χ0n) is 11.9. The highest BCUT2D eigenvalue weighted by Crippen LogP contribution is 2.22. The molecule has 0 bridgehead atoms. The number of hydrogen-bond acceptors (Lipinski definition) is 3. The molecule has 0 saturated carbocycles. The van der Waals surface area contributed by atoms with Crippen molar-refractivity contribution in [1.82, 2.24) is 14.8 Å². The van der Waals surface area contributed by atoms with Crippen LogP contribution in [0.4, 0.5) is 0 Å². The van der Waals surface area contributed by atoms with Crippen LogP contribution in [-0.2, 0) is 26.3 Å². The second-order valence-corrected chi connectivity index (χ2v) is 5.31. The van der Waals surface area contributed by atoms with Gasteiger partial charge in [-0.05, 0) is 37.0 Å². The molecule has 2 rings (SSSR count). The van der Waals surface area contributed by atoms with Crippen LogP contribution >= 0.6 is 11.6 Å². The van der Waals surface area contributed by atoms with E-state index in [2.05, 4.69) is 10.1 Å². The molecule has 2 aromatic rings. The standard InChI is InChI=1S/C15H20ClN3O/c1-3-13-15(16)14(19(2)18-13)10-12(20)5-4-11-6-8-17-9-7-11/h6-9,12,20H,3-5,10H2,1-2H3. The summed E-state index contributed by atoms with van der Waals surface area (Å²) in [6.07, 6.45) is 6.00. The van der Waals surface area contributed by atoms with Crippen LogP contribution in [0.2, 0.25) is 5.02 Å². The molecule has 4 nitrogen and oxygen atoms in total. The number of nitrogens with zero attached hydrogens (tertiary/aromatic N) is 3. The maximum atomic E-state index is 10.2.